The molecule has 0 saturated carbocycles. The average Bonchev–Trinajstić information content (AvgIpc) is 2.59. The van der Waals surface area contributed by atoms with Gasteiger partial charge in [-0.3, -0.25) is 4.79 Å². The second-order valence-corrected chi connectivity index (χ2v) is 5.86. The Morgan fingerprint density at radius 2 is 2.25 bits per heavy atom. The van der Waals surface area contributed by atoms with E-state index in [1.54, 1.807) is 0 Å². The Morgan fingerprint density at radius 3 is 2.75 bits per heavy atom. The molecule has 7 heteroatoms. The fraction of sp³-hybridized carbons (Fsp3) is 0.889. The lowest BCUT2D eigenvalue weighted by Crippen LogP contribution is -2.34. The largest absolute Gasteiger partial charge is 0.481 e. The van der Waals surface area contributed by atoms with Crippen LogP contribution in [0.15, 0.2) is 0 Å². The Bertz CT molecular complexity index is 340. The minimum Gasteiger partial charge on any atom is -0.481 e. The van der Waals surface area contributed by atoms with E-state index in [4.69, 9.17) is 9.84 Å². The maximum Gasteiger partial charge on any atom is 0.304 e. The minimum atomic E-state index is -3.47. The number of carbonyl (C=O) groups is 1. The highest BCUT2D eigenvalue weighted by Crippen LogP contribution is 2.19. The molecule has 0 aromatic rings. The number of rotatable bonds is 6. The number of aliphatic carboxylic acids is 1. The van der Waals surface area contributed by atoms with Crippen molar-refractivity contribution in [2.45, 2.75) is 25.9 Å². The third kappa shape index (κ3) is 4.46. The van der Waals surface area contributed by atoms with Crippen molar-refractivity contribution in [3.8, 4) is 0 Å². The lowest BCUT2D eigenvalue weighted by Gasteiger charge is -2.14. The Labute approximate surface area is 95.0 Å². The monoisotopic (exact) mass is 251 g/mol. The fourth-order valence-electron chi connectivity index (χ4n) is 1.57. The number of sulfonamides is 1. The van der Waals surface area contributed by atoms with E-state index in [0.717, 1.165) is 6.42 Å². The molecule has 2 unspecified atom stereocenters. The number of carboxylic acids is 1. The summed E-state index contributed by atoms with van der Waals surface area (Å²) in [5.41, 5.74) is 0. The Morgan fingerprint density at radius 1 is 1.56 bits per heavy atom. The van der Waals surface area contributed by atoms with Gasteiger partial charge in [0.25, 0.3) is 0 Å². The molecular weight excluding hydrogens is 234 g/mol. The maximum absolute atomic E-state index is 11.4. The number of nitrogens with one attached hydrogen (secondary N) is 1. The highest BCUT2D eigenvalue weighted by molar-refractivity contribution is 7.89. The molecule has 0 bridgehead atoms. The first-order chi connectivity index (χ1) is 7.41. The molecule has 0 aromatic heterocycles. The van der Waals surface area contributed by atoms with Gasteiger partial charge >= 0.3 is 5.97 Å². The molecule has 6 nitrogen and oxygen atoms in total. The van der Waals surface area contributed by atoms with Crippen LogP contribution in [-0.4, -0.2) is 44.5 Å². The Balaban J connectivity index is 2.33. The van der Waals surface area contributed by atoms with Crippen molar-refractivity contribution >= 4 is 16.0 Å². The van der Waals surface area contributed by atoms with Gasteiger partial charge in [0.1, 0.15) is 0 Å². The molecule has 1 aliphatic heterocycles. The number of ether oxygens (including phenoxy) is 1. The van der Waals surface area contributed by atoms with E-state index in [9.17, 15) is 13.2 Å². The van der Waals surface area contributed by atoms with Crippen LogP contribution in [0.1, 0.15) is 19.8 Å². The van der Waals surface area contributed by atoms with Crippen molar-refractivity contribution in [2.24, 2.45) is 5.92 Å². The maximum atomic E-state index is 11.4. The van der Waals surface area contributed by atoms with E-state index in [1.165, 1.54) is 0 Å². The highest BCUT2D eigenvalue weighted by Gasteiger charge is 2.25. The molecule has 1 saturated heterocycles. The molecule has 0 amide bonds. The fourth-order valence-corrected chi connectivity index (χ4v) is 2.63. The molecule has 16 heavy (non-hydrogen) atoms. The molecule has 1 heterocycles. The quantitative estimate of drug-likeness (QED) is 0.682. The first-order valence-electron chi connectivity index (χ1n) is 5.21. The van der Waals surface area contributed by atoms with E-state index >= 15 is 0 Å². The third-order valence-corrected chi connectivity index (χ3v) is 4.03. The van der Waals surface area contributed by atoms with Gasteiger partial charge in [0.2, 0.25) is 10.0 Å². The van der Waals surface area contributed by atoms with Crippen LogP contribution in [0.3, 0.4) is 0 Å². The summed E-state index contributed by atoms with van der Waals surface area (Å²) in [5, 5.41) is 8.39. The van der Waals surface area contributed by atoms with Gasteiger partial charge in [-0.25, -0.2) is 13.1 Å². The van der Waals surface area contributed by atoms with Gasteiger partial charge in [-0.2, -0.15) is 0 Å². The average molecular weight is 251 g/mol. The number of carboxylic acid groups (broad SMARTS) is 1. The molecule has 0 aliphatic carbocycles. The van der Waals surface area contributed by atoms with Crippen LogP contribution in [0.4, 0.5) is 0 Å². The zero-order valence-corrected chi connectivity index (χ0v) is 10.00. The van der Waals surface area contributed by atoms with Gasteiger partial charge in [-0.1, -0.05) is 0 Å². The van der Waals surface area contributed by atoms with Crippen LogP contribution in [0.2, 0.25) is 0 Å². The lowest BCUT2D eigenvalue weighted by molar-refractivity contribution is -0.136. The Hall–Kier alpha value is -0.660. The lowest BCUT2D eigenvalue weighted by atomic mass is 10.0. The number of hydrogen-bond acceptors (Lipinski definition) is 4. The van der Waals surface area contributed by atoms with Crippen LogP contribution in [0, 0.1) is 5.92 Å². The summed E-state index contributed by atoms with van der Waals surface area (Å²) >= 11 is 0. The Kier molecular flexibility index (Phi) is 4.69. The van der Waals surface area contributed by atoms with E-state index in [0.29, 0.717) is 13.2 Å². The van der Waals surface area contributed by atoms with Gasteiger partial charge in [0.15, 0.2) is 0 Å². The molecular formula is C9H17NO5S. The molecule has 0 aromatic carbocycles. The third-order valence-electron chi connectivity index (χ3n) is 2.68. The summed E-state index contributed by atoms with van der Waals surface area (Å²) in [4.78, 5) is 10.2. The number of hydrogen-bond donors (Lipinski definition) is 2. The van der Waals surface area contributed by atoms with E-state index in [-0.39, 0.29) is 24.2 Å². The minimum absolute atomic E-state index is 0.0576. The zero-order valence-electron chi connectivity index (χ0n) is 9.18. The van der Waals surface area contributed by atoms with E-state index in [2.05, 4.69) is 4.72 Å². The predicted octanol–water partition coefficient (Wildman–Crippen LogP) is -0.194. The van der Waals surface area contributed by atoms with Crippen molar-refractivity contribution < 1.29 is 23.1 Å². The summed E-state index contributed by atoms with van der Waals surface area (Å²) in [7, 11) is -3.47. The van der Waals surface area contributed by atoms with Crippen molar-refractivity contribution in [1.82, 2.24) is 4.72 Å². The smallest absolute Gasteiger partial charge is 0.304 e. The molecule has 94 valence electrons. The van der Waals surface area contributed by atoms with Crippen LogP contribution in [-0.2, 0) is 19.6 Å². The van der Waals surface area contributed by atoms with Gasteiger partial charge in [-0.15, -0.1) is 0 Å². The molecule has 0 spiro atoms. The molecule has 2 N–H and O–H groups in total. The molecule has 1 fully saturated rings. The normalized spacial score (nSPS) is 25.8. The summed E-state index contributed by atoms with van der Waals surface area (Å²) in [6.07, 6.45) is 0.525. The standard InChI is InChI=1S/C9H17NO5S/c1-7-8(2-4-15-7)6-10-16(13,14)5-3-9(11)12/h7-8,10H,2-6H2,1H3,(H,11,12). The topological polar surface area (TPSA) is 92.7 Å². The van der Waals surface area contributed by atoms with Crippen LogP contribution < -0.4 is 4.72 Å². The molecule has 2 atom stereocenters. The zero-order chi connectivity index (χ0) is 12.2. The molecule has 0 radical (unpaired) electrons. The summed E-state index contributed by atoms with van der Waals surface area (Å²) in [6, 6.07) is 0. The highest BCUT2D eigenvalue weighted by atomic mass is 32.2. The first-order valence-corrected chi connectivity index (χ1v) is 6.86. The van der Waals surface area contributed by atoms with Crippen molar-refractivity contribution in [3.05, 3.63) is 0 Å². The van der Waals surface area contributed by atoms with Crippen molar-refractivity contribution in [3.63, 3.8) is 0 Å². The molecule has 1 aliphatic rings. The van der Waals surface area contributed by atoms with Crippen LogP contribution in [0.25, 0.3) is 0 Å². The predicted molar refractivity (Wildman–Crippen MR) is 57.6 cm³/mol. The second kappa shape index (κ2) is 5.60. The first kappa shape index (κ1) is 13.4. The van der Waals surface area contributed by atoms with Crippen molar-refractivity contribution in [1.29, 1.82) is 0 Å². The SMILES string of the molecule is CC1OCCC1CNS(=O)(=O)CCC(=O)O. The van der Waals surface area contributed by atoms with Crippen molar-refractivity contribution in [2.75, 3.05) is 18.9 Å². The van der Waals surface area contributed by atoms with Crippen LogP contribution in [0.5, 0.6) is 0 Å². The van der Waals surface area contributed by atoms with Gasteiger partial charge in [-0.05, 0) is 13.3 Å². The summed E-state index contributed by atoms with van der Waals surface area (Å²) in [6.45, 7) is 2.88. The second-order valence-electron chi connectivity index (χ2n) is 3.94. The summed E-state index contributed by atoms with van der Waals surface area (Å²) in [5.74, 6) is -1.30. The van der Waals surface area contributed by atoms with E-state index < -0.39 is 16.0 Å². The molecule has 1 rings (SSSR count). The van der Waals surface area contributed by atoms with Crippen LogP contribution >= 0.6 is 0 Å². The summed E-state index contributed by atoms with van der Waals surface area (Å²) < 4.78 is 30.5. The van der Waals surface area contributed by atoms with Gasteiger partial charge < -0.3 is 9.84 Å². The van der Waals surface area contributed by atoms with E-state index in [1.807, 2.05) is 6.92 Å². The van der Waals surface area contributed by atoms with Gasteiger partial charge in [0.05, 0.1) is 18.3 Å². The van der Waals surface area contributed by atoms with Gasteiger partial charge in [0, 0.05) is 19.1 Å².